The molecular formula is C14H17N3O. The van der Waals surface area contributed by atoms with Crippen molar-refractivity contribution in [2.24, 2.45) is 0 Å². The molecule has 1 fully saturated rings. The lowest BCUT2D eigenvalue weighted by atomic mass is 9.82. The van der Waals surface area contributed by atoms with Gasteiger partial charge in [0.05, 0.1) is 18.8 Å². The van der Waals surface area contributed by atoms with Gasteiger partial charge in [-0.2, -0.15) is 0 Å². The number of aliphatic hydroxyl groups excluding tert-OH is 1. The van der Waals surface area contributed by atoms with Crippen LogP contribution in [0.2, 0.25) is 0 Å². The first-order valence-corrected chi connectivity index (χ1v) is 6.45. The first-order chi connectivity index (χ1) is 8.88. The average Bonchev–Trinajstić information content (AvgIpc) is 2.72. The van der Waals surface area contributed by atoms with Crippen molar-refractivity contribution in [3.8, 4) is 0 Å². The number of hydrogen-bond donors (Lipinski definition) is 1. The maximum Gasteiger partial charge on any atom is 0.112 e. The summed E-state index contributed by atoms with van der Waals surface area (Å²) in [6.45, 7) is 0.723. The molecule has 1 heterocycles. The second-order valence-corrected chi connectivity index (χ2v) is 4.85. The standard InChI is InChI=1S/C14H17N3O/c18-10-13-14(12-7-4-8-12)17(16-15-13)9-11-5-2-1-3-6-11/h1-3,5-6,12,18H,4,7-10H2. The van der Waals surface area contributed by atoms with Gasteiger partial charge < -0.3 is 5.11 Å². The first-order valence-electron chi connectivity index (χ1n) is 6.45. The summed E-state index contributed by atoms with van der Waals surface area (Å²) < 4.78 is 1.95. The normalized spacial score (nSPS) is 15.6. The molecule has 3 rings (SSSR count). The molecule has 0 amide bonds. The quantitative estimate of drug-likeness (QED) is 0.894. The van der Waals surface area contributed by atoms with Crippen LogP contribution in [-0.4, -0.2) is 20.1 Å². The van der Waals surface area contributed by atoms with Gasteiger partial charge in [0.1, 0.15) is 5.69 Å². The molecule has 1 aromatic heterocycles. The summed E-state index contributed by atoms with van der Waals surface area (Å²) in [5.41, 5.74) is 3.09. The molecule has 1 N–H and O–H groups in total. The number of benzene rings is 1. The van der Waals surface area contributed by atoms with Gasteiger partial charge in [0.25, 0.3) is 0 Å². The highest BCUT2D eigenvalue weighted by molar-refractivity contribution is 5.20. The molecular weight excluding hydrogens is 226 g/mol. The van der Waals surface area contributed by atoms with E-state index >= 15 is 0 Å². The van der Waals surface area contributed by atoms with Crippen LogP contribution >= 0.6 is 0 Å². The van der Waals surface area contributed by atoms with Crippen LogP contribution in [-0.2, 0) is 13.2 Å². The van der Waals surface area contributed by atoms with Crippen LogP contribution in [0.5, 0.6) is 0 Å². The van der Waals surface area contributed by atoms with E-state index in [1.54, 1.807) is 0 Å². The summed E-state index contributed by atoms with van der Waals surface area (Å²) in [7, 11) is 0. The molecule has 4 nitrogen and oxygen atoms in total. The van der Waals surface area contributed by atoms with Gasteiger partial charge >= 0.3 is 0 Å². The van der Waals surface area contributed by atoms with E-state index in [9.17, 15) is 5.11 Å². The number of aromatic nitrogens is 3. The summed E-state index contributed by atoms with van der Waals surface area (Å²) in [6, 6.07) is 10.2. The average molecular weight is 243 g/mol. The minimum absolute atomic E-state index is 0.0133. The molecule has 0 unspecified atom stereocenters. The molecule has 1 aromatic carbocycles. The minimum Gasteiger partial charge on any atom is -0.390 e. The largest absolute Gasteiger partial charge is 0.390 e. The highest BCUT2D eigenvalue weighted by Crippen LogP contribution is 2.37. The Morgan fingerprint density at radius 1 is 1.22 bits per heavy atom. The molecule has 0 spiro atoms. The van der Waals surface area contributed by atoms with E-state index in [0.29, 0.717) is 5.92 Å². The lowest BCUT2D eigenvalue weighted by Crippen LogP contribution is -2.17. The van der Waals surface area contributed by atoms with Gasteiger partial charge in [-0.15, -0.1) is 5.10 Å². The first kappa shape index (κ1) is 11.4. The molecule has 1 aliphatic carbocycles. The van der Waals surface area contributed by atoms with Crippen molar-refractivity contribution in [1.82, 2.24) is 15.0 Å². The predicted molar refractivity (Wildman–Crippen MR) is 68.1 cm³/mol. The Labute approximate surface area is 106 Å². The van der Waals surface area contributed by atoms with Gasteiger partial charge in [0, 0.05) is 5.92 Å². The van der Waals surface area contributed by atoms with Crippen LogP contribution in [0.1, 0.15) is 42.1 Å². The fourth-order valence-corrected chi connectivity index (χ4v) is 2.47. The highest BCUT2D eigenvalue weighted by atomic mass is 16.3. The third kappa shape index (κ3) is 2.04. The summed E-state index contributed by atoms with van der Waals surface area (Å²) in [5.74, 6) is 0.533. The zero-order valence-corrected chi connectivity index (χ0v) is 10.3. The Kier molecular flexibility index (Phi) is 3.11. The van der Waals surface area contributed by atoms with E-state index in [0.717, 1.165) is 17.9 Å². The maximum absolute atomic E-state index is 9.35. The Morgan fingerprint density at radius 2 is 2.00 bits per heavy atom. The van der Waals surface area contributed by atoms with Crippen molar-refractivity contribution >= 4 is 0 Å². The molecule has 0 radical (unpaired) electrons. The van der Waals surface area contributed by atoms with E-state index in [1.165, 1.54) is 24.8 Å². The highest BCUT2D eigenvalue weighted by Gasteiger charge is 2.27. The van der Waals surface area contributed by atoms with Crippen LogP contribution in [0.25, 0.3) is 0 Å². The monoisotopic (exact) mass is 243 g/mol. The summed E-state index contributed by atoms with van der Waals surface area (Å²) in [4.78, 5) is 0. The lowest BCUT2D eigenvalue weighted by Gasteiger charge is -2.26. The predicted octanol–water partition coefficient (Wildman–Crippen LogP) is 2.09. The number of nitrogens with zero attached hydrogens (tertiary/aromatic N) is 3. The van der Waals surface area contributed by atoms with Gasteiger partial charge in [0.2, 0.25) is 0 Å². The van der Waals surface area contributed by atoms with Crippen molar-refractivity contribution in [3.63, 3.8) is 0 Å². The molecule has 0 saturated heterocycles. The Morgan fingerprint density at radius 3 is 2.61 bits per heavy atom. The second kappa shape index (κ2) is 4.90. The molecule has 0 aliphatic heterocycles. The van der Waals surface area contributed by atoms with Gasteiger partial charge in [-0.25, -0.2) is 4.68 Å². The molecule has 4 heteroatoms. The van der Waals surface area contributed by atoms with Crippen LogP contribution < -0.4 is 0 Å². The van der Waals surface area contributed by atoms with Gasteiger partial charge in [-0.3, -0.25) is 0 Å². The Bertz CT molecular complexity index is 517. The van der Waals surface area contributed by atoms with Crippen LogP contribution in [0.3, 0.4) is 0 Å². The van der Waals surface area contributed by atoms with Gasteiger partial charge in [-0.1, -0.05) is 42.0 Å². The molecule has 94 valence electrons. The van der Waals surface area contributed by atoms with Gasteiger partial charge in [-0.05, 0) is 18.4 Å². The van der Waals surface area contributed by atoms with Crippen LogP contribution in [0.4, 0.5) is 0 Å². The van der Waals surface area contributed by atoms with E-state index in [4.69, 9.17) is 0 Å². The fourth-order valence-electron chi connectivity index (χ4n) is 2.47. The molecule has 1 aliphatic rings. The van der Waals surface area contributed by atoms with Crippen molar-refractivity contribution in [3.05, 3.63) is 47.3 Å². The summed E-state index contributed by atoms with van der Waals surface area (Å²) in [5, 5.41) is 17.6. The fraction of sp³-hybridized carbons (Fsp3) is 0.429. The smallest absolute Gasteiger partial charge is 0.112 e. The van der Waals surface area contributed by atoms with Crippen molar-refractivity contribution in [2.45, 2.75) is 38.3 Å². The van der Waals surface area contributed by atoms with Crippen LogP contribution in [0.15, 0.2) is 30.3 Å². The Hall–Kier alpha value is -1.68. The molecule has 0 bridgehead atoms. The summed E-state index contributed by atoms with van der Waals surface area (Å²) in [6.07, 6.45) is 3.65. The van der Waals surface area contributed by atoms with E-state index in [-0.39, 0.29) is 6.61 Å². The third-order valence-corrected chi connectivity index (χ3v) is 3.66. The van der Waals surface area contributed by atoms with E-state index in [1.807, 2.05) is 22.9 Å². The maximum atomic E-state index is 9.35. The zero-order valence-electron chi connectivity index (χ0n) is 10.3. The van der Waals surface area contributed by atoms with Crippen molar-refractivity contribution in [1.29, 1.82) is 0 Å². The molecule has 1 saturated carbocycles. The zero-order chi connectivity index (χ0) is 12.4. The molecule has 18 heavy (non-hydrogen) atoms. The number of aliphatic hydroxyl groups is 1. The SMILES string of the molecule is OCc1nnn(Cc2ccccc2)c1C1CCC1. The van der Waals surface area contributed by atoms with E-state index < -0.39 is 0 Å². The molecule has 0 atom stereocenters. The topological polar surface area (TPSA) is 50.9 Å². The van der Waals surface area contributed by atoms with Crippen molar-refractivity contribution in [2.75, 3.05) is 0 Å². The van der Waals surface area contributed by atoms with Crippen molar-refractivity contribution < 1.29 is 5.11 Å². The van der Waals surface area contributed by atoms with Crippen LogP contribution in [0, 0.1) is 0 Å². The Balaban J connectivity index is 1.89. The lowest BCUT2D eigenvalue weighted by molar-refractivity contribution is 0.271. The molecule has 2 aromatic rings. The summed E-state index contributed by atoms with van der Waals surface area (Å²) >= 11 is 0. The number of hydrogen-bond acceptors (Lipinski definition) is 3. The minimum atomic E-state index is -0.0133. The van der Waals surface area contributed by atoms with Gasteiger partial charge in [0.15, 0.2) is 0 Å². The van der Waals surface area contributed by atoms with E-state index in [2.05, 4.69) is 22.4 Å². The third-order valence-electron chi connectivity index (χ3n) is 3.66. The second-order valence-electron chi connectivity index (χ2n) is 4.85. The number of rotatable bonds is 4.